The van der Waals surface area contributed by atoms with Crippen LogP contribution in [0.5, 0.6) is 5.75 Å². The van der Waals surface area contributed by atoms with Crippen LogP contribution in [0.3, 0.4) is 0 Å². The first-order valence-electron chi connectivity index (χ1n) is 8.06. The number of ether oxygens (including phenoxy) is 1. The third-order valence-electron chi connectivity index (χ3n) is 3.63. The quantitative estimate of drug-likeness (QED) is 0.736. The first-order chi connectivity index (χ1) is 12.2. The van der Waals surface area contributed by atoms with Crippen LogP contribution in [0.1, 0.15) is 6.92 Å². The Morgan fingerprint density at radius 1 is 1.08 bits per heavy atom. The van der Waals surface area contributed by atoms with Crippen molar-refractivity contribution < 1.29 is 9.53 Å². The Morgan fingerprint density at radius 2 is 1.80 bits per heavy atom. The van der Waals surface area contributed by atoms with Gasteiger partial charge in [0, 0.05) is 13.1 Å². The maximum absolute atomic E-state index is 12.3. The molecule has 0 radical (unpaired) electrons. The minimum Gasteiger partial charge on any atom is -0.492 e. The minimum atomic E-state index is -0.370. The fourth-order valence-corrected chi connectivity index (χ4v) is 2.53. The van der Waals surface area contributed by atoms with E-state index in [0.717, 1.165) is 11.3 Å². The number of para-hydroxylation sites is 2. The third-order valence-corrected chi connectivity index (χ3v) is 3.63. The summed E-state index contributed by atoms with van der Waals surface area (Å²) >= 11 is 0. The number of amides is 2. The van der Waals surface area contributed by atoms with Gasteiger partial charge in [0.05, 0.1) is 18.0 Å². The van der Waals surface area contributed by atoms with Crippen molar-refractivity contribution in [2.24, 2.45) is 7.05 Å². The summed E-state index contributed by atoms with van der Waals surface area (Å²) in [7, 11) is 1.84. The molecule has 0 aliphatic carbocycles. The number of urea groups is 1. The van der Waals surface area contributed by atoms with Crippen molar-refractivity contribution in [2.45, 2.75) is 6.92 Å². The number of anilines is 2. The molecule has 25 heavy (non-hydrogen) atoms. The first-order valence-corrected chi connectivity index (χ1v) is 8.06. The van der Waals surface area contributed by atoms with Gasteiger partial charge in [0.25, 0.3) is 0 Å². The summed E-state index contributed by atoms with van der Waals surface area (Å²) < 4.78 is 7.24. The second kappa shape index (κ2) is 7.53. The van der Waals surface area contributed by atoms with E-state index in [1.807, 2.05) is 68.6 Å². The topological polar surface area (TPSA) is 68.2 Å². The number of nitrogens with one attached hydrogen (secondary N) is 2. The monoisotopic (exact) mass is 336 g/mol. The van der Waals surface area contributed by atoms with Crippen molar-refractivity contribution in [3.63, 3.8) is 0 Å². The number of carbonyl (C=O) groups is 1. The van der Waals surface area contributed by atoms with Crippen LogP contribution in [0.2, 0.25) is 0 Å². The summed E-state index contributed by atoms with van der Waals surface area (Å²) in [5, 5.41) is 9.88. The molecule has 2 aromatic carbocycles. The van der Waals surface area contributed by atoms with Gasteiger partial charge in [-0.1, -0.05) is 42.5 Å². The molecule has 3 rings (SSSR count). The van der Waals surface area contributed by atoms with Gasteiger partial charge >= 0.3 is 6.03 Å². The molecule has 1 aromatic heterocycles. The van der Waals surface area contributed by atoms with Crippen molar-refractivity contribution in [2.75, 3.05) is 17.2 Å². The van der Waals surface area contributed by atoms with Crippen molar-refractivity contribution in [3.8, 4) is 17.0 Å². The van der Waals surface area contributed by atoms with Crippen LogP contribution >= 0.6 is 0 Å². The van der Waals surface area contributed by atoms with Gasteiger partial charge in [-0.25, -0.2) is 4.79 Å². The van der Waals surface area contributed by atoms with E-state index >= 15 is 0 Å². The van der Waals surface area contributed by atoms with Crippen LogP contribution < -0.4 is 15.4 Å². The number of benzene rings is 2. The maximum Gasteiger partial charge on any atom is 0.325 e. The molecule has 128 valence electrons. The molecule has 2 amide bonds. The van der Waals surface area contributed by atoms with Crippen LogP contribution in [-0.2, 0) is 7.05 Å². The Labute approximate surface area is 146 Å². The van der Waals surface area contributed by atoms with E-state index in [2.05, 4.69) is 15.7 Å². The third kappa shape index (κ3) is 3.98. The molecule has 0 atom stereocenters. The summed E-state index contributed by atoms with van der Waals surface area (Å²) in [6.45, 7) is 2.43. The molecule has 0 bridgehead atoms. The number of hydrogen-bond donors (Lipinski definition) is 2. The van der Waals surface area contributed by atoms with Crippen LogP contribution in [0, 0.1) is 0 Å². The molecular weight excluding hydrogens is 316 g/mol. The van der Waals surface area contributed by atoms with Gasteiger partial charge in [0.15, 0.2) is 5.82 Å². The van der Waals surface area contributed by atoms with E-state index in [1.165, 1.54) is 0 Å². The zero-order valence-electron chi connectivity index (χ0n) is 14.2. The summed E-state index contributed by atoms with van der Waals surface area (Å²) in [6.07, 6.45) is 0. The number of rotatable bonds is 5. The lowest BCUT2D eigenvalue weighted by molar-refractivity contribution is 0.262. The molecule has 0 saturated carbocycles. The molecule has 2 N–H and O–H groups in total. The van der Waals surface area contributed by atoms with Crippen LogP contribution in [-0.4, -0.2) is 22.4 Å². The molecule has 0 aliphatic rings. The van der Waals surface area contributed by atoms with E-state index < -0.39 is 0 Å². The van der Waals surface area contributed by atoms with E-state index in [4.69, 9.17) is 4.74 Å². The number of aromatic nitrogens is 2. The lowest BCUT2D eigenvalue weighted by Gasteiger charge is -2.11. The van der Waals surface area contributed by atoms with Crippen molar-refractivity contribution in [1.29, 1.82) is 0 Å². The zero-order valence-corrected chi connectivity index (χ0v) is 14.2. The van der Waals surface area contributed by atoms with Crippen LogP contribution in [0.4, 0.5) is 16.3 Å². The van der Waals surface area contributed by atoms with Crippen LogP contribution in [0.25, 0.3) is 11.3 Å². The lowest BCUT2D eigenvalue weighted by atomic mass is 10.1. The van der Waals surface area contributed by atoms with Crippen molar-refractivity contribution >= 4 is 17.5 Å². The number of hydrogen-bond acceptors (Lipinski definition) is 3. The second-order valence-electron chi connectivity index (χ2n) is 5.41. The average Bonchev–Trinajstić information content (AvgIpc) is 2.98. The number of carbonyl (C=O) groups excluding carboxylic acids is 1. The van der Waals surface area contributed by atoms with Crippen LogP contribution in [0.15, 0.2) is 60.7 Å². The molecule has 6 nitrogen and oxygen atoms in total. The first kappa shape index (κ1) is 16.6. The van der Waals surface area contributed by atoms with Gasteiger partial charge in [-0.3, -0.25) is 10.00 Å². The molecule has 0 fully saturated rings. The summed E-state index contributed by atoms with van der Waals surface area (Å²) in [4.78, 5) is 12.3. The Morgan fingerprint density at radius 3 is 2.56 bits per heavy atom. The molecule has 1 heterocycles. The van der Waals surface area contributed by atoms with Gasteiger partial charge in [0.1, 0.15) is 5.75 Å². The Balaban J connectivity index is 1.72. The minimum absolute atomic E-state index is 0.370. The highest BCUT2D eigenvalue weighted by Gasteiger charge is 2.11. The molecular formula is C19H20N4O2. The Hall–Kier alpha value is -3.28. The molecule has 0 spiro atoms. The highest BCUT2D eigenvalue weighted by atomic mass is 16.5. The Bertz CT molecular complexity index is 859. The molecule has 6 heteroatoms. The normalized spacial score (nSPS) is 10.3. The Kier molecular flexibility index (Phi) is 4.99. The number of aryl methyl sites for hydroxylation is 1. The second-order valence-corrected chi connectivity index (χ2v) is 5.41. The van der Waals surface area contributed by atoms with Gasteiger partial charge in [0.2, 0.25) is 0 Å². The van der Waals surface area contributed by atoms with Gasteiger partial charge in [-0.2, -0.15) is 5.10 Å². The van der Waals surface area contributed by atoms with Gasteiger partial charge < -0.3 is 10.1 Å². The van der Waals surface area contributed by atoms with E-state index in [1.54, 1.807) is 10.7 Å². The highest BCUT2D eigenvalue weighted by molar-refractivity contribution is 6.00. The molecule has 0 saturated heterocycles. The number of nitrogens with zero attached hydrogens (tertiary/aromatic N) is 2. The van der Waals surface area contributed by atoms with E-state index in [9.17, 15) is 4.79 Å². The van der Waals surface area contributed by atoms with Gasteiger partial charge in [-0.15, -0.1) is 0 Å². The largest absolute Gasteiger partial charge is 0.492 e. The van der Waals surface area contributed by atoms with Crippen molar-refractivity contribution in [1.82, 2.24) is 9.78 Å². The summed E-state index contributed by atoms with van der Waals surface area (Å²) in [5.74, 6) is 1.11. The fraction of sp³-hybridized carbons (Fsp3) is 0.158. The SMILES string of the molecule is CCOc1ccccc1NC(=O)Nc1cc(-c2ccccc2)n(C)n1. The zero-order chi connectivity index (χ0) is 17.6. The molecule has 3 aromatic rings. The standard InChI is InChI=1S/C19H20N4O2/c1-3-25-17-12-8-7-11-15(17)20-19(24)21-18-13-16(23(2)22-18)14-9-5-4-6-10-14/h4-13H,3H2,1-2H3,(H2,20,21,22,24). The molecule has 0 unspecified atom stereocenters. The summed E-state index contributed by atoms with van der Waals surface area (Å²) in [5.41, 5.74) is 2.57. The predicted octanol–water partition coefficient (Wildman–Crippen LogP) is 4.13. The molecule has 0 aliphatic heterocycles. The fourth-order valence-electron chi connectivity index (χ4n) is 2.53. The smallest absolute Gasteiger partial charge is 0.325 e. The maximum atomic E-state index is 12.3. The van der Waals surface area contributed by atoms with Crippen molar-refractivity contribution in [3.05, 3.63) is 60.7 Å². The lowest BCUT2D eigenvalue weighted by Crippen LogP contribution is -2.20. The highest BCUT2D eigenvalue weighted by Crippen LogP contribution is 2.25. The predicted molar refractivity (Wildman–Crippen MR) is 98.9 cm³/mol. The summed E-state index contributed by atoms with van der Waals surface area (Å²) in [6, 6.07) is 18.7. The van der Waals surface area contributed by atoms with E-state index in [-0.39, 0.29) is 6.03 Å². The average molecular weight is 336 g/mol. The van der Waals surface area contributed by atoms with E-state index in [0.29, 0.717) is 23.9 Å². The van der Waals surface area contributed by atoms with Gasteiger partial charge in [-0.05, 0) is 24.6 Å².